The summed E-state index contributed by atoms with van der Waals surface area (Å²) in [6, 6.07) is 5.37. The van der Waals surface area contributed by atoms with E-state index < -0.39 is 5.97 Å². The third-order valence-corrected chi connectivity index (χ3v) is 3.97. The molecule has 9 nitrogen and oxygen atoms in total. The number of ether oxygens (including phenoxy) is 2. The third kappa shape index (κ3) is 3.93. The van der Waals surface area contributed by atoms with Gasteiger partial charge in [0.1, 0.15) is 19.8 Å². The van der Waals surface area contributed by atoms with Crippen molar-refractivity contribution in [1.82, 2.24) is 20.3 Å². The topological polar surface area (TPSA) is 116 Å². The van der Waals surface area contributed by atoms with Gasteiger partial charge in [0.05, 0.1) is 12.2 Å². The highest BCUT2D eigenvalue weighted by Gasteiger charge is 2.22. The van der Waals surface area contributed by atoms with E-state index in [1.165, 1.54) is 10.9 Å². The zero-order valence-electron chi connectivity index (χ0n) is 14.5. The Hall–Kier alpha value is -3.10. The summed E-state index contributed by atoms with van der Waals surface area (Å²) in [6.45, 7) is 4.90. The van der Waals surface area contributed by atoms with E-state index in [-0.39, 0.29) is 30.1 Å². The highest BCUT2D eigenvalue weighted by molar-refractivity contribution is 5.84. The van der Waals surface area contributed by atoms with Gasteiger partial charge in [-0.25, -0.2) is 9.48 Å². The maximum absolute atomic E-state index is 12.4. The lowest BCUT2D eigenvalue weighted by molar-refractivity contribution is -0.123. The lowest BCUT2D eigenvalue weighted by Gasteiger charge is -2.25. The summed E-state index contributed by atoms with van der Waals surface area (Å²) in [5.41, 5.74) is 0.701. The third-order valence-electron chi connectivity index (χ3n) is 3.97. The van der Waals surface area contributed by atoms with Crippen molar-refractivity contribution in [3.05, 3.63) is 35.7 Å². The summed E-state index contributed by atoms with van der Waals surface area (Å²) < 4.78 is 12.3. The highest BCUT2D eigenvalue weighted by atomic mass is 16.6. The van der Waals surface area contributed by atoms with Crippen LogP contribution in [0.5, 0.6) is 11.5 Å². The largest absolute Gasteiger partial charge is 0.486 e. The molecule has 0 radical (unpaired) electrons. The second kappa shape index (κ2) is 7.42. The van der Waals surface area contributed by atoms with Crippen LogP contribution in [0.4, 0.5) is 0 Å². The number of hydrogen-bond donors (Lipinski definition) is 2. The van der Waals surface area contributed by atoms with E-state index in [0.29, 0.717) is 24.7 Å². The van der Waals surface area contributed by atoms with Crippen LogP contribution in [0.25, 0.3) is 0 Å². The van der Waals surface area contributed by atoms with E-state index in [1.807, 2.05) is 32.0 Å². The SMILES string of the molecule is CC(C)C(NC(=O)Cn1cc(C(=O)O)nn1)c1ccc2c(c1)OCCO2. The Balaban J connectivity index is 1.71. The van der Waals surface area contributed by atoms with Crippen LogP contribution in [0.2, 0.25) is 0 Å². The van der Waals surface area contributed by atoms with Gasteiger partial charge in [-0.05, 0) is 23.6 Å². The van der Waals surface area contributed by atoms with Crippen molar-refractivity contribution in [2.45, 2.75) is 26.4 Å². The minimum absolute atomic E-state index is 0.117. The molecule has 2 heterocycles. The minimum atomic E-state index is -1.19. The number of nitrogens with one attached hydrogen (secondary N) is 1. The van der Waals surface area contributed by atoms with Gasteiger partial charge in [0.2, 0.25) is 5.91 Å². The number of aromatic nitrogens is 3. The van der Waals surface area contributed by atoms with Crippen molar-refractivity contribution in [3.63, 3.8) is 0 Å². The summed E-state index contributed by atoms with van der Waals surface area (Å²) in [7, 11) is 0. The van der Waals surface area contributed by atoms with Crippen LogP contribution in [-0.4, -0.2) is 45.2 Å². The fourth-order valence-electron chi connectivity index (χ4n) is 2.73. The summed E-state index contributed by atoms with van der Waals surface area (Å²) in [6.07, 6.45) is 1.22. The van der Waals surface area contributed by atoms with E-state index in [2.05, 4.69) is 15.6 Å². The molecule has 0 bridgehead atoms. The monoisotopic (exact) mass is 360 g/mol. The second-order valence-electron chi connectivity index (χ2n) is 6.30. The first-order chi connectivity index (χ1) is 12.4. The average Bonchev–Trinajstić information content (AvgIpc) is 3.08. The molecule has 0 spiro atoms. The number of benzene rings is 1. The zero-order chi connectivity index (χ0) is 18.7. The van der Waals surface area contributed by atoms with Crippen molar-refractivity contribution in [2.75, 3.05) is 13.2 Å². The van der Waals surface area contributed by atoms with E-state index in [1.54, 1.807) is 0 Å². The van der Waals surface area contributed by atoms with Gasteiger partial charge in [-0.15, -0.1) is 5.10 Å². The maximum atomic E-state index is 12.4. The van der Waals surface area contributed by atoms with Crippen LogP contribution in [0, 0.1) is 5.92 Å². The Morgan fingerprint density at radius 1 is 1.27 bits per heavy atom. The zero-order valence-corrected chi connectivity index (χ0v) is 14.5. The lowest BCUT2D eigenvalue weighted by atomic mass is 9.95. The number of amides is 1. The highest BCUT2D eigenvalue weighted by Crippen LogP contribution is 2.34. The predicted octanol–water partition coefficient (Wildman–Crippen LogP) is 1.26. The molecule has 26 heavy (non-hydrogen) atoms. The Bertz CT molecular complexity index is 817. The molecular formula is C17H20N4O5. The summed E-state index contributed by atoms with van der Waals surface area (Å²) in [5, 5.41) is 19.0. The number of carboxylic acids is 1. The summed E-state index contributed by atoms with van der Waals surface area (Å²) in [5.74, 6) is 0.00827. The Labute approximate surface area is 149 Å². The molecule has 0 saturated heterocycles. The van der Waals surface area contributed by atoms with E-state index >= 15 is 0 Å². The van der Waals surface area contributed by atoms with Crippen molar-refractivity contribution in [2.24, 2.45) is 5.92 Å². The molecule has 9 heteroatoms. The van der Waals surface area contributed by atoms with Crippen LogP contribution in [0.15, 0.2) is 24.4 Å². The van der Waals surface area contributed by atoms with Gasteiger partial charge < -0.3 is 19.9 Å². The quantitative estimate of drug-likeness (QED) is 0.797. The molecule has 1 aromatic heterocycles. The van der Waals surface area contributed by atoms with Gasteiger partial charge >= 0.3 is 5.97 Å². The van der Waals surface area contributed by atoms with Crippen molar-refractivity contribution < 1.29 is 24.2 Å². The van der Waals surface area contributed by atoms with Crippen LogP contribution in [-0.2, 0) is 11.3 Å². The van der Waals surface area contributed by atoms with Crippen molar-refractivity contribution in [3.8, 4) is 11.5 Å². The normalized spacial score (nSPS) is 14.1. The van der Waals surface area contributed by atoms with Crippen molar-refractivity contribution in [1.29, 1.82) is 0 Å². The van der Waals surface area contributed by atoms with Crippen molar-refractivity contribution >= 4 is 11.9 Å². The van der Waals surface area contributed by atoms with Gasteiger partial charge in [-0.2, -0.15) is 0 Å². The van der Waals surface area contributed by atoms with Crippen LogP contribution in [0.1, 0.15) is 35.9 Å². The van der Waals surface area contributed by atoms with Crippen LogP contribution < -0.4 is 14.8 Å². The molecule has 138 valence electrons. The molecule has 2 aromatic rings. The van der Waals surface area contributed by atoms with E-state index in [0.717, 1.165) is 5.56 Å². The fraction of sp³-hybridized carbons (Fsp3) is 0.412. The van der Waals surface area contributed by atoms with Gasteiger partial charge in [0.25, 0.3) is 0 Å². The number of hydrogen-bond acceptors (Lipinski definition) is 6. The molecule has 1 amide bonds. The standard InChI is InChI=1S/C17H20N4O5/c1-10(2)16(11-3-4-13-14(7-11)26-6-5-25-13)18-15(22)9-21-8-12(17(23)24)19-20-21/h3-4,7-8,10,16H,5-6,9H2,1-2H3,(H,18,22)(H,23,24). The molecule has 1 aliphatic rings. The molecule has 1 atom stereocenters. The summed E-state index contributed by atoms with van der Waals surface area (Å²) in [4.78, 5) is 23.2. The van der Waals surface area contributed by atoms with E-state index in [4.69, 9.17) is 14.6 Å². The Kier molecular flexibility index (Phi) is 5.06. The van der Waals surface area contributed by atoms with Gasteiger partial charge in [0.15, 0.2) is 17.2 Å². The number of carbonyl (C=O) groups is 2. The van der Waals surface area contributed by atoms with Crippen LogP contribution in [0.3, 0.4) is 0 Å². The summed E-state index contributed by atoms with van der Waals surface area (Å²) >= 11 is 0. The molecule has 3 rings (SSSR count). The first kappa shape index (κ1) is 17.7. The second-order valence-corrected chi connectivity index (χ2v) is 6.30. The average molecular weight is 360 g/mol. The molecule has 0 aliphatic carbocycles. The number of carbonyl (C=O) groups excluding carboxylic acids is 1. The fourth-order valence-corrected chi connectivity index (χ4v) is 2.73. The van der Waals surface area contributed by atoms with Crippen LogP contribution >= 0.6 is 0 Å². The number of fused-ring (bicyclic) bond motifs is 1. The number of rotatable bonds is 6. The predicted molar refractivity (Wildman–Crippen MR) is 90.1 cm³/mol. The van der Waals surface area contributed by atoms with Gasteiger partial charge in [-0.3, -0.25) is 4.79 Å². The Morgan fingerprint density at radius 3 is 2.65 bits per heavy atom. The van der Waals surface area contributed by atoms with E-state index in [9.17, 15) is 9.59 Å². The number of carboxylic acid groups (broad SMARTS) is 1. The molecule has 1 aromatic carbocycles. The molecular weight excluding hydrogens is 340 g/mol. The number of nitrogens with zero attached hydrogens (tertiary/aromatic N) is 3. The first-order valence-corrected chi connectivity index (χ1v) is 8.26. The molecule has 2 N–H and O–H groups in total. The molecule has 1 unspecified atom stereocenters. The van der Waals surface area contributed by atoms with Gasteiger partial charge in [0, 0.05) is 0 Å². The molecule has 1 aliphatic heterocycles. The lowest BCUT2D eigenvalue weighted by Crippen LogP contribution is -2.34. The number of aromatic carboxylic acids is 1. The first-order valence-electron chi connectivity index (χ1n) is 8.26. The molecule has 0 fully saturated rings. The molecule has 0 saturated carbocycles. The smallest absolute Gasteiger partial charge is 0.358 e. The Morgan fingerprint density at radius 2 is 2.00 bits per heavy atom. The minimum Gasteiger partial charge on any atom is -0.486 e. The van der Waals surface area contributed by atoms with Gasteiger partial charge in [-0.1, -0.05) is 25.1 Å². The maximum Gasteiger partial charge on any atom is 0.358 e.